The Morgan fingerprint density at radius 3 is 2.73 bits per heavy atom. The van der Waals surface area contributed by atoms with Gasteiger partial charge in [0, 0.05) is 11.0 Å². The third-order valence-corrected chi connectivity index (χ3v) is 1.87. The number of hydrazine groups is 1. The summed E-state index contributed by atoms with van der Waals surface area (Å²) in [6, 6.07) is 6.22. The van der Waals surface area contributed by atoms with Crippen LogP contribution in [0, 0.1) is 6.92 Å². The fraction of sp³-hybridized carbons (Fsp3) is 0.250. The number of aryl methyl sites for hydroxylation is 1. The largest absolute Gasteiger partial charge is 0.271 e. The standard InChI is InChI=1S/C8H11BrN2/c1-6-2-7(5-11-10)4-8(9)3-6/h2-4,11H,5,10H2,1H3. The van der Waals surface area contributed by atoms with Crippen molar-refractivity contribution in [1.29, 1.82) is 0 Å². The zero-order valence-corrected chi connectivity index (χ0v) is 7.98. The molecule has 60 valence electrons. The molecule has 0 fully saturated rings. The lowest BCUT2D eigenvalue weighted by atomic mass is 10.1. The van der Waals surface area contributed by atoms with Crippen LogP contribution in [0.4, 0.5) is 0 Å². The Bertz CT molecular complexity index is 228. The molecule has 0 heterocycles. The lowest BCUT2D eigenvalue weighted by molar-refractivity contribution is 0.740. The third kappa shape index (κ3) is 2.61. The Morgan fingerprint density at radius 1 is 1.45 bits per heavy atom. The van der Waals surface area contributed by atoms with Gasteiger partial charge in [-0.3, -0.25) is 11.3 Å². The Morgan fingerprint density at radius 2 is 2.18 bits per heavy atom. The summed E-state index contributed by atoms with van der Waals surface area (Å²) in [6.07, 6.45) is 0. The number of hydrogen-bond acceptors (Lipinski definition) is 2. The van der Waals surface area contributed by atoms with Crippen LogP contribution in [0.15, 0.2) is 22.7 Å². The molecule has 0 aliphatic carbocycles. The van der Waals surface area contributed by atoms with Gasteiger partial charge in [0.2, 0.25) is 0 Å². The number of nitrogens with one attached hydrogen (secondary N) is 1. The van der Waals surface area contributed by atoms with Crippen LogP contribution in [0.1, 0.15) is 11.1 Å². The van der Waals surface area contributed by atoms with Gasteiger partial charge in [-0.15, -0.1) is 0 Å². The molecule has 0 aliphatic rings. The maximum Gasteiger partial charge on any atom is 0.0349 e. The summed E-state index contributed by atoms with van der Waals surface area (Å²) in [6.45, 7) is 2.77. The minimum absolute atomic E-state index is 0.709. The SMILES string of the molecule is Cc1cc(Br)cc(CNN)c1. The van der Waals surface area contributed by atoms with Crippen LogP contribution >= 0.6 is 15.9 Å². The quantitative estimate of drug-likeness (QED) is 0.582. The van der Waals surface area contributed by atoms with Gasteiger partial charge in [-0.2, -0.15) is 0 Å². The van der Waals surface area contributed by atoms with Crippen LogP contribution in [0.2, 0.25) is 0 Å². The van der Waals surface area contributed by atoms with E-state index >= 15 is 0 Å². The lowest BCUT2D eigenvalue weighted by Crippen LogP contribution is -2.20. The first-order chi connectivity index (χ1) is 5.22. The minimum Gasteiger partial charge on any atom is -0.271 e. The van der Waals surface area contributed by atoms with E-state index in [-0.39, 0.29) is 0 Å². The average Bonchev–Trinajstić information content (AvgIpc) is 1.85. The first-order valence-corrected chi connectivity index (χ1v) is 4.21. The number of nitrogens with two attached hydrogens (primary N) is 1. The highest BCUT2D eigenvalue weighted by Crippen LogP contribution is 2.14. The van der Waals surface area contributed by atoms with E-state index in [2.05, 4.69) is 40.4 Å². The van der Waals surface area contributed by atoms with Crippen molar-refractivity contribution in [3.05, 3.63) is 33.8 Å². The van der Waals surface area contributed by atoms with Gasteiger partial charge >= 0.3 is 0 Å². The molecule has 0 unspecified atom stereocenters. The first kappa shape index (κ1) is 8.71. The molecule has 1 aromatic rings. The van der Waals surface area contributed by atoms with E-state index in [4.69, 9.17) is 5.84 Å². The summed E-state index contributed by atoms with van der Waals surface area (Å²) in [5.41, 5.74) is 5.05. The van der Waals surface area contributed by atoms with Crippen LogP contribution in [-0.4, -0.2) is 0 Å². The zero-order chi connectivity index (χ0) is 8.27. The van der Waals surface area contributed by atoms with Crippen molar-refractivity contribution in [1.82, 2.24) is 5.43 Å². The van der Waals surface area contributed by atoms with Gasteiger partial charge in [-0.1, -0.05) is 22.0 Å². The van der Waals surface area contributed by atoms with Crippen molar-refractivity contribution >= 4 is 15.9 Å². The summed E-state index contributed by atoms with van der Waals surface area (Å²) < 4.78 is 1.10. The molecule has 1 rings (SSSR count). The molecule has 0 saturated carbocycles. The van der Waals surface area contributed by atoms with Crippen molar-refractivity contribution in [3.8, 4) is 0 Å². The first-order valence-electron chi connectivity index (χ1n) is 3.42. The molecule has 0 aliphatic heterocycles. The third-order valence-electron chi connectivity index (χ3n) is 1.41. The lowest BCUT2D eigenvalue weighted by Gasteiger charge is -2.02. The highest BCUT2D eigenvalue weighted by atomic mass is 79.9. The van der Waals surface area contributed by atoms with E-state index in [1.165, 1.54) is 11.1 Å². The molecule has 0 saturated heterocycles. The van der Waals surface area contributed by atoms with Gasteiger partial charge in [-0.05, 0) is 30.2 Å². The second-order valence-corrected chi connectivity index (χ2v) is 3.43. The molecule has 0 spiro atoms. The topological polar surface area (TPSA) is 38.0 Å². The van der Waals surface area contributed by atoms with E-state index < -0.39 is 0 Å². The second kappa shape index (κ2) is 3.85. The summed E-state index contributed by atoms with van der Waals surface area (Å²) in [4.78, 5) is 0. The molecule has 0 bridgehead atoms. The average molecular weight is 215 g/mol. The van der Waals surface area contributed by atoms with Gasteiger partial charge in [-0.25, -0.2) is 0 Å². The number of hydrogen-bond donors (Lipinski definition) is 2. The summed E-state index contributed by atoms with van der Waals surface area (Å²) in [7, 11) is 0. The molecule has 3 heteroatoms. The predicted octanol–water partition coefficient (Wildman–Crippen LogP) is 1.72. The van der Waals surface area contributed by atoms with Crippen molar-refractivity contribution in [2.24, 2.45) is 5.84 Å². The van der Waals surface area contributed by atoms with E-state index in [0.717, 1.165) is 4.47 Å². The van der Waals surface area contributed by atoms with Gasteiger partial charge in [0.25, 0.3) is 0 Å². The monoisotopic (exact) mass is 214 g/mol. The molecule has 11 heavy (non-hydrogen) atoms. The number of halogens is 1. The fourth-order valence-corrected chi connectivity index (χ4v) is 1.69. The zero-order valence-electron chi connectivity index (χ0n) is 6.39. The maximum atomic E-state index is 5.20. The molecule has 0 amide bonds. The molecule has 0 atom stereocenters. The molecule has 0 radical (unpaired) electrons. The summed E-state index contributed by atoms with van der Waals surface area (Å²) in [5.74, 6) is 5.20. The van der Waals surface area contributed by atoms with Crippen molar-refractivity contribution < 1.29 is 0 Å². The Kier molecular flexibility index (Phi) is 3.05. The van der Waals surface area contributed by atoms with E-state index in [9.17, 15) is 0 Å². The highest BCUT2D eigenvalue weighted by Gasteiger charge is 1.94. The van der Waals surface area contributed by atoms with Gasteiger partial charge in [0.1, 0.15) is 0 Å². The Labute approximate surface area is 74.9 Å². The van der Waals surface area contributed by atoms with Crippen molar-refractivity contribution in [2.45, 2.75) is 13.5 Å². The Hall–Kier alpha value is -0.380. The summed E-state index contributed by atoms with van der Waals surface area (Å²) in [5, 5.41) is 0. The minimum atomic E-state index is 0.709. The fourth-order valence-electron chi connectivity index (χ4n) is 1.03. The van der Waals surface area contributed by atoms with Crippen molar-refractivity contribution in [2.75, 3.05) is 0 Å². The molecular formula is C8H11BrN2. The van der Waals surface area contributed by atoms with E-state index in [1.807, 2.05) is 6.07 Å². The predicted molar refractivity (Wildman–Crippen MR) is 49.9 cm³/mol. The van der Waals surface area contributed by atoms with Crippen LogP contribution in [-0.2, 0) is 6.54 Å². The number of rotatable bonds is 2. The van der Waals surface area contributed by atoms with Crippen molar-refractivity contribution in [3.63, 3.8) is 0 Å². The molecule has 2 nitrogen and oxygen atoms in total. The van der Waals surface area contributed by atoms with Crippen LogP contribution < -0.4 is 11.3 Å². The van der Waals surface area contributed by atoms with Crippen LogP contribution in [0.5, 0.6) is 0 Å². The molecular weight excluding hydrogens is 204 g/mol. The molecule has 0 aromatic heterocycles. The second-order valence-electron chi connectivity index (χ2n) is 2.52. The highest BCUT2D eigenvalue weighted by molar-refractivity contribution is 9.10. The maximum absolute atomic E-state index is 5.20. The molecule has 3 N–H and O–H groups in total. The number of benzene rings is 1. The van der Waals surface area contributed by atoms with Gasteiger partial charge < -0.3 is 0 Å². The van der Waals surface area contributed by atoms with Gasteiger partial charge in [0.05, 0.1) is 0 Å². The van der Waals surface area contributed by atoms with Crippen LogP contribution in [0.3, 0.4) is 0 Å². The summed E-state index contributed by atoms with van der Waals surface area (Å²) >= 11 is 3.41. The van der Waals surface area contributed by atoms with Gasteiger partial charge in [0.15, 0.2) is 0 Å². The van der Waals surface area contributed by atoms with E-state index in [1.54, 1.807) is 0 Å². The smallest absolute Gasteiger partial charge is 0.0349 e. The van der Waals surface area contributed by atoms with Crippen LogP contribution in [0.25, 0.3) is 0 Å². The molecule has 1 aromatic carbocycles. The normalized spacial score (nSPS) is 10.1. The van der Waals surface area contributed by atoms with E-state index in [0.29, 0.717) is 6.54 Å². The Balaban J connectivity index is 2.89.